The monoisotopic (exact) mass is 201 g/mol. The maximum atomic E-state index is 11.5. The molecule has 0 unspecified atom stereocenters. The molecular weight excluding hydrogens is 178 g/mol. The van der Waals surface area contributed by atoms with Gasteiger partial charge in [0.2, 0.25) is 5.91 Å². The number of carbonyl (C=O) groups excluding carboxylic acids is 1. The van der Waals surface area contributed by atoms with E-state index >= 15 is 0 Å². The van der Waals surface area contributed by atoms with Crippen LogP contribution in [-0.4, -0.2) is 50.6 Å². The zero-order valence-corrected chi connectivity index (χ0v) is 9.76. The van der Waals surface area contributed by atoms with Crippen LogP contribution in [0.1, 0.15) is 20.3 Å². The second kappa shape index (κ2) is 7.76. The number of nitrogens with one attached hydrogen (secondary N) is 2. The quantitative estimate of drug-likeness (QED) is 0.612. The summed E-state index contributed by atoms with van der Waals surface area (Å²) in [4.78, 5) is 13.3. The number of hydrogen-bond acceptors (Lipinski definition) is 3. The topological polar surface area (TPSA) is 44.4 Å². The van der Waals surface area contributed by atoms with E-state index in [0.717, 1.165) is 19.6 Å². The van der Waals surface area contributed by atoms with E-state index in [9.17, 15) is 4.79 Å². The molecule has 0 radical (unpaired) electrons. The van der Waals surface area contributed by atoms with E-state index in [1.165, 1.54) is 0 Å². The van der Waals surface area contributed by atoms with Crippen molar-refractivity contribution in [3.8, 4) is 0 Å². The number of hydrogen-bond donors (Lipinski definition) is 2. The van der Waals surface area contributed by atoms with E-state index in [-0.39, 0.29) is 5.91 Å². The molecule has 0 bridgehead atoms. The van der Waals surface area contributed by atoms with Crippen molar-refractivity contribution in [3.05, 3.63) is 0 Å². The van der Waals surface area contributed by atoms with Crippen molar-refractivity contribution in [2.24, 2.45) is 0 Å². The molecular formula is C10H23N3O. The van der Waals surface area contributed by atoms with Crippen LogP contribution in [0.15, 0.2) is 0 Å². The number of amides is 1. The van der Waals surface area contributed by atoms with Gasteiger partial charge in [-0.2, -0.15) is 0 Å². The van der Waals surface area contributed by atoms with Crippen LogP contribution in [-0.2, 0) is 4.79 Å². The summed E-state index contributed by atoms with van der Waals surface area (Å²) in [6, 6.07) is 0.449. The maximum Gasteiger partial charge on any atom is 0.223 e. The molecule has 14 heavy (non-hydrogen) atoms. The Morgan fingerprint density at radius 1 is 1.36 bits per heavy atom. The van der Waals surface area contributed by atoms with Gasteiger partial charge >= 0.3 is 0 Å². The summed E-state index contributed by atoms with van der Waals surface area (Å²) in [5.74, 6) is 0.202. The molecule has 0 rings (SSSR count). The van der Waals surface area contributed by atoms with Crippen molar-refractivity contribution in [1.29, 1.82) is 0 Å². The molecule has 0 aromatic carbocycles. The third-order valence-corrected chi connectivity index (χ3v) is 2.01. The SMILES string of the molecule is CNCCN(C)C(=O)CCNC(C)C. The van der Waals surface area contributed by atoms with Gasteiger partial charge in [-0.1, -0.05) is 13.8 Å². The average Bonchev–Trinajstić information content (AvgIpc) is 2.13. The Balaban J connectivity index is 3.52. The molecule has 0 aromatic rings. The number of carbonyl (C=O) groups is 1. The van der Waals surface area contributed by atoms with Crippen LogP contribution < -0.4 is 10.6 Å². The molecule has 0 fully saturated rings. The number of nitrogens with zero attached hydrogens (tertiary/aromatic N) is 1. The summed E-state index contributed by atoms with van der Waals surface area (Å²) < 4.78 is 0. The summed E-state index contributed by atoms with van der Waals surface area (Å²) in [6.07, 6.45) is 0.582. The predicted molar refractivity (Wildman–Crippen MR) is 59.3 cm³/mol. The van der Waals surface area contributed by atoms with Gasteiger partial charge in [-0.25, -0.2) is 0 Å². The summed E-state index contributed by atoms with van der Waals surface area (Å²) in [5, 5.41) is 6.24. The Morgan fingerprint density at radius 3 is 2.50 bits per heavy atom. The van der Waals surface area contributed by atoms with Crippen molar-refractivity contribution in [2.45, 2.75) is 26.3 Å². The van der Waals surface area contributed by atoms with Crippen molar-refractivity contribution in [2.75, 3.05) is 33.7 Å². The van der Waals surface area contributed by atoms with Crippen LogP contribution in [0, 0.1) is 0 Å². The standard InChI is InChI=1S/C10H23N3O/c1-9(2)12-6-5-10(14)13(4)8-7-11-3/h9,11-12H,5-8H2,1-4H3. The molecule has 84 valence electrons. The van der Waals surface area contributed by atoms with E-state index < -0.39 is 0 Å². The minimum Gasteiger partial charge on any atom is -0.344 e. The largest absolute Gasteiger partial charge is 0.344 e. The van der Waals surface area contributed by atoms with E-state index in [1.54, 1.807) is 4.90 Å². The van der Waals surface area contributed by atoms with E-state index in [2.05, 4.69) is 24.5 Å². The highest BCUT2D eigenvalue weighted by molar-refractivity contribution is 5.76. The summed E-state index contributed by atoms with van der Waals surface area (Å²) in [7, 11) is 3.73. The van der Waals surface area contributed by atoms with Crippen LogP contribution in [0.3, 0.4) is 0 Å². The lowest BCUT2D eigenvalue weighted by molar-refractivity contribution is -0.129. The van der Waals surface area contributed by atoms with Crippen LogP contribution in [0.5, 0.6) is 0 Å². The van der Waals surface area contributed by atoms with E-state index in [4.69, 9.17) is 0 Å². The van der Waals surface area contributed by atoms with Gasteiger partial charge in [-0.05, 0) is 7.05 Å². The fourth-order valence-electron chi connectivity index (χ4n) is 1.06. The maximum absolute atomic E-state index is 11.5. The number of rotatable bonds is 7. The first-order chi connectivity index (χ1) is 6.57. The highest BCUT2D eigenvalue weighted by atomic mass is 16.2. The lowest BCUT2D eigenvalue weighted by Crippen LogP contribution is -2.35. The van der Waals surface area contributed by atoms with Gasteiger partial charge in [0.15, 0.2) is 0 Å². The smallest absolute Gasteiger partial charge is 0.223 e. The van der Waals surface area contributed by atoms with Gasteiger partial charge in [-0.15, -0.1) is 0 Å². The van der Waals surface area contributed by atoms with Crippen molar-refractivity contribution < 1.29 is 4.79 Å². The van der Waals surface area contributed by atoms with Crippen molar-refractivity contribution >= 4 is 5.91 Å². The first-order valence-electron chi connectivity index (χ1n) is 5.20. The van der Waals surface area contributed by atoms with Crippen LogP contribution in [0.2, 0.25) is 0 Å². The summed E-state index contributed by atoms with van der Waals surface area (Å²) in [5.41, 5.74) is 0. The predicted octanol–water partition coefficient (Wildman–Crippen LogP) is 0.0523. The Morgan fingerprint density at radius 2 is 2.00 bits per heavy atom. The molecule has 4 heteroatoms. The third-order valence-electron chi connectivity index (χ3n) is 2.01. The molecule has 1 amide bonds. The lowest BCUT2D eigenvalue weighted by atomic mass is 10.3. The third kappa shape index (κ3) is 6.86. The highest BCUT2D eigenvalue weighted by Gasteiger charge is 2.07. The molecule has 0 atom stereocenters. The lowest BCUT2D eigenvalue weighted by Gasteiger charge is -2.17. The van der Waals surface area contributed by atoms with Gasteiger partial charge in [0, 0.05) is 39.1 Å². The van der Waals surface area contributed by atoms with Crippen LogP contribution in [0.25, 0.3) is 0 Å². The first-order valence-corrected chi connectivity index (χ1v) is 5.20. The Labute approximate surface area is 87.0 Å². The summed E-state index contributed by atoms with van der Waals surface area (Å²) >= 11 is 0. The zero-order valence-electron chi connectivity index (χ0n) is 9.76. The molecule has 4 nitrogen and oxygen atoms in total. The highest BCUT2D eigenvalue weighted by Crippen LogP contribution is 1.89. The molecule has 0 saturated carbocycles. The molecule has 0 aliphatic heterocycles. The first kappa shape index (κ1) is 13.4. The molecule has 0 aliphatic carbocycles. The van der Waals surface area contributed by atoms with Gasteiger partial charge < -0.3 is 15.5 Å². The Hall–Kier alpha value is -0.610. The molecule has 0 saturated heterocycles. The van der Waals surface area contributed by atoms with Gasteiger partial charge in [-0.3, -0.25) is 4.79 Å². The minimum absolute atomic E-state index is 0.202. The zero-order chi connectivity index (χ0) is 11.0. The molecule has 0 aliphatic rings. The van der Waals surface area contributed by atoms with E-state index in [1.807, 2.05) is 14.1 Å². The van der Waals surface area contributed by atoms with Gasteiger partial charge in [0.05, 0.1) is 0 Å². The Bertz CT molecular complexity index is 159. The average molecular weight is 201 g/mol. The second-order valence-electron chi connectivity index (χ2n) is 3.78. The fourth-order valence-corrected chi connectivity index (χ4v) is 1.06. The fraction of sp³-hybridized carbons (Fsp3) is 0.900. The minimum atomic E-state index is 0.202. The van der Waals surface area contributed by atoms with Crippen molar-refractivity contribution in [3.63, 3.8) is 0 Å². The molecule has 0 aromatic heterocycles. The number of likely N-dealkylation sites (N-methyl/N-ethyl adjacent to an activating group) is 2. The molecule has 0 spiro atoms. The van der Waals surface area contributed by atoms with Crippen LogP contribution in [0.4, 0.5) is 0 Å². The van der Waals surface area contributed by atoms with Crippen molar-refractivity contribution in [1.82, 2.24) is 15.5 Å². The van der Waals surface area contributed by atoms with Gasteiger partial charge in [0.25, 0.3) is 0 Å². The van der Waals surface area contributed by atoms with Crippen LogP contribution >= 0.6 is 0 Å². The Kier molecular flexibility index (Phi) is 7.42. The molecule has 2 N–H and O–H groups in total. The normalized spacial score (nSPS) is 10.6. The molecule has 0 heterocycles. The second-order valence-corrected chi connectivity index (χ2v) is 3.78. The van der Waals surface area contributed by atoms with Gasteiger partial charge in [0.1, 0.15) is 0 Å². The van der Waals surface area contributed by atoms with E-state index in [0.29, 0.717) is 12.5 Å². The summed E-state index contributed by atoms with van der Waals surface area (Å²) in [6.45, 7) is 6.54.